The van der Waals surface area contributed by atoms with Crippen molar-refractivity contribution in [2.24, 2.45) is 0 Å². The molecule has 0 aromatic rings. The van der Waals surface area contributed by atoms with Crippen LogP contribution in [0.15, 0.2) is 0 Å². The average molecular weight is 214 g/mol. The molecule has 0 bridgehead atoms. The first-order valence-electron chi connectivity index (χ1n) is 3.98. The molecule has 0 aliphatic carbocycles. The van der Waals surface area contributed by atoms with Crippen LogP contribution in [-0.2, 0) is 0 Å². The number of hydrogen-bond acceptors (Lipinski definition) is 3. The van der Waals surface area contributed by atoms with Crippen LogP contribution in [0, 0.1) is 0 Å². The van der Waals surface area contributed by atoms with Crippen LogP contribution in [0.5, 0.6) is 0 Å². The van der Waals surface area contributed by atoms with Gasteiger partial charge in [0.15, 0.2) is 0 Å². The fourth-order valence-electron chi connectivity index (χ4n) is 1.60. The van der Waals surface area contributed by atoms with Gasteiger partial charge in [-0.3, -0.25) is 0 Å². The molecule has 0 unspecified atom stereocenters. The van der Waals surface area contributed by atoms with Gasteiger partial charge in [-0.1, -0.05) is 0 Å². The van der Waals surface area contributed by atoms with E-state index in [2.05, 4.69) is 0 Å². The van der Waals surface area contributed by atoms with E-state index in [0.29, 0.717) is 0 Å². The summed E-state index contributed by atoms with van der Waals surface area (Å²) in [5, 5.41) is 0. The lowest BCUT2D eigenvalue weighted by Gasteiger charge is -2.38. The van der Waals surface area contributed by atoms with Gasteiger partial charge in [-0.25, -0.2) is 0 Å². The predicted molar refractivity (Wildman–Crippen MR) is 54.0 cm³/mol. The molecule has 0 saturated carbocycles. The second-order valence-corrected chi connectivity index (χ2v) is 7.45. The minimum absolute atomic E-state index is 1.62. The zero-order valence-electron chi connectivity index (χ0n) is 9.12. The lowest BCUT2D eigenvalue weighted by molar-refractivity contribution is 0.205. The molecule has 0 radical (unpaired) electrons. The van der Waals surface area contributed by atoms with Crippen LogP contribution < -0.4 is 0 Å². The highest BCUT2D eigenvalue weighted by atomic mass is 31.2. The monoisotopic (exact) mass is 214 g/mol. The van der Waals surface area contributed by atoms with Gasteiger partial charge in [0.1, 0.15) is 0 Å². The first kappa shape index (κ1) is 13.2. The summed E-state index contributed by atoms with van der Waals surface area (Å²) in [4.78, 5) is 0. The molecule has 0 N–H and O–H groups in total. The van der Waals surface area contributed by atoms with Crippen molar-refractivity contribution >= 4 is 7.71 Å². The number of nitrogens with zero attached hydrogens (tertiary/aromatic N) is 3. The molecule has 0 atom stereocenters. The van der Waals surface area contributed by atoms with Crippen LogP contribution in [0.3, 0.4) is 0 Å². The molecule has 0 rings (SSSR count). The molecule has 0 amide bonds. The third kappa shape index (κ3) is 2.15. The van der Waals surface area contributed by atoms with Crippen molar-refractivity contribution in [3.8, 4) is 0 Å². The Balaban J connectivity index is 5.06. The topological polar surface area (TPSA) is 9.72 Å². The number of halogens is 2. The molecule has 0 aromatic carbocycles. The maximum Gasteiger partial charge on any atom is 0.392 e. The maximum atomic E-state index is 13.0. The van der Waals surface area contributed by atoms with Crippen molar-refractivity contribution in [3.05, 3.63) is 0 Å². The van der Waals surface area contributed by atoms with E-state index in [1.807, 2.05) is 0 Å². The van der Waals surface area contributed by atoms with Gasteiger partial charge >= 0.3 is 6.17 Å². The molecular weight excluding hydrogens is 195 g/mol. The summed E-state index contributed by atoms with van der Waals surface area (Å²) in [5.74, 6) is 0. The lowest BCUT2D eigenvalue weighted by Crippen LogP contribution is -2.39. The van der Waals surface area contributed by atoms with E-state index in [0.717, 1.165) is 0 Å². The van der Waals surface area contributed by atoms with Crippen molar-refractivity contribution < 1.29 is 8.78 Å². The zero-order chi connectivity index (χ0) is 10.8. The van der Waals surface area contributed by atoms with Crippen LogP contribution in [0.2, 0.25) is 0 Å². The van der Waals surface area contributed by atoms with Gasteiger partial charge in [0.2, 0.25) is 0 Å². The average Bonchev–Trinajstić information content (AvgIpc) is 1.82. The third-order valence-electron chi connectivity index (χ3n) is 2.03. The van der Waals surface area contributed by atoms with Crippen LogP contribution in [0.25, 0.3) is 0 Å². The predicted octanol–water partition coefficient (Wildman–Crippen LogP) is 1.66. The fraction of sp³-hybridized carbons (Fsp3) is 1.00. The summed E-state index contributed by atoms with van der Waals surface area (Å²) in [7, 11) is 7.55. The fourth-order valence-corrected chi connectivity index (χ4v) is 4.79. The van der Waals surface area contributed by atoms with E-state index in [1.54, 1.807) is 56.3 Å². The molecule has 0 heterocycles. The Morgan fingerprint density at radius 3 is 1.00 bits per heavy atom. The third-order valence-corrected chi connectivity index (χ3v) is 6.08. The molecule has 0 aromatic heterocycles. The van der Waals surface area contributed by atoms with Crippen LogP contribution in [-0.4, -0.2) is 62.5 Å². The summed E-state index contributed by atoms with van der Waals surface area (Å²) < 4.78 is 30.9. The van der Waals surface area contributed by atoms with Crippen molar-refractivity contribution in [3.63, 3.8) is 0 Å². The smallest absolute Gasteiger partial charge is 0.164 e. The Morgan fingerprint density at radius 1 is 0.769 bits per heavy atom. The Kier molecular flexibility index (Phi) is 4.66. The summed E-state index contributed by atoms with van der Waals surface area (Å²) >= 11 is 0. The Morgan fingerprint density at radius 2 is 1.00 bits per heavy atom. The second kappa shape index (κ2) is 4.60. The lowest BCUT2D eigenvalue weighted by atomic mass is 11.2. The van der Waals surface area contributed by atoms with Crippen molar-refractivity contribution in [2.75, 3.05) is 42.3 Å². The van der Waals surface area contributed by atoms with Crippen molar-refractivity contribution in [1.82, 2.24) is 14.0 Å². The highest BCUT2D eigenvalue weighted by molar-refractivity contribution is 7.69. The van der Waals surface area contributed by atoms with Crippen LogP contribution in [0.4, 0.5) is 8.78 Å². The first-order valence-corrected chi connectivity index (χ1v) is 5.69. The largest absolute Gasteiger partial charge is 0.392 e. The van der Waals surface area contributed by atoms with E-state index in [1.165, 1.54) is 0 Å². The molecule has 0 aliphatic rings. The van der Waals surface area contributed by atoms with E-state index in [-0.39, 0.29) is 0 Å². The molecule has 13 heavy (non-hydrogen) atoms. The summed E-state index contributed by atoms with van der Waals surface area (Å²) in [6, 6.07) is 0. The van der Waals surface area contributed by atoms with E-state index < -0.39 is 13.9 Å². The van der Waals surface area contributed by atoms with Gasteiger partial charge in [-0.15, -0.1) is 14.0 Å². The highest BCUT2D eigenvalue weighted by Gasteiger charge is 2.56. The summed E-state index contributed by atoms with van der Waals surface area (Å²) in [5.41, 5.74) is 0. The summed E-state index contributed by atoms with van der Waals surface area (Å²) in [6.45, 7) is 0. The Labute approximate surface area is 79.8 Å². The summed E-state index contributed by atoms with van der Waals surface area (Å²) in [6.07, 6.45) is -2.34. The van der Waals surface area contributed by atoms with Gasteiger partial charge in [0, 0.05) is 42.3 Å². The maximum absolute atomic E-state index is 13.0. The van der Waals surface area contributed by atoms with Gasteiger partial charge in [-0.2, -0.15) is 8.78 Å². The highest BCUT2D eigenvalue weighted by Crippen LogP contribution is 2.68. The molecule has 0 fully saturated rings. The minimum Gasteiger partial charge on any atom is -0.164 e. The second-order valence-electron chi connectivity index (χ2n) is 3.43. The quantitative estimate of drug-likeness (QED) is 0.659. The Hall–Kier alpha value is 0.170. The standard InChI is InChI=1S/C7H19F2N3P/c1-10(2)13(7(8)9,11(3)4)12(5)6/h7H,1-6H3/q+1. The van der Waals surface area contributed by atoms with Crippen molar-refractivity contribution in [1.29, 1.82) is 0 Å². The van der Waals surface area contributed by atoms with Crippen molar-refractivity contribution in [2.45, 2.75) is 6.17 Å². The van der Waals surface area contributed by atoms with E-state index >= 15 is 0 Å². The molecule has 0 aliphatic heterocycles. The number of alkyl halides is 2. The van der Waals surface area contributed by atoms with Gasteiger partial charge in [0.05, 0.1) is 0 Å². The Bertz CT molecular complexity index is 124. The molecule has 0 spiro atoms. The van der Waals surface area contributed by atoms with Crippen LogP contribution >= 0.6 is 7.71 Å². The molecule has 3 nitrogen and oxygen atoms in total. The molecular formula is C7H19F2N3P+. The molecule has 6 heteroatoms. The van der Waals surface area contributed by atoms with Crippen LogP contribution in [0.1, 0.15) is 0 Å². The zero-order valence-corrected chi connectivity index (χ0v) is 10.0. The molecule has 80 valence electrons. The first-order chi connectivity index (χ1) is 5.77. The number of hydrogen-bond donors (Lipinski definition) is 0. The van der Waals surface area contributed by atoms with E-state index in [9.17, 15) is 8.78 Å². The van der Waals surface area contributed by atoms with Gasteiger partial charge in [-0.05, 0) is 0 Å². The molecule has 0 saturated heterocycles. The number of rotatable bonds is 4. The SMILES string of the molecule is CN(C)[P+](C(F)F)(N(C)C)N(C)C. The van der Waals surface area contributed by atoms with Gasteiger partial charge < -0.3 is 0 Å². The van der Waals surface area contributed by atoms with Gasteiger partial charge in [0.25, 0.3) is 7.71 Å². The van der Waals surface area contributed by atoms with E-state index in [4.69, 9.17) is 0 Å². The normalized spacial score (nSPS) is 13.8. The minimum atomic E-state index is -2.62.